The third-order valence-corrected chi connectivity index (χ3v) is 2.78. The summed E-state index contributed by atoms with van der Waals surface area (Å²) >= 11 is 0. The summed E-state index contributed by atoms with van der Waals surface area (Å²) in [5.41, 5.74) is 2.32. The van der Waals surface area contributed by atoms with Gasteiger partial charge in [-0.05, 0) is 42.5 Å². The molecular weight excluding hydrogens is 250 g/mol. The van der Waals surface area contributed by atoms with Gasteiger partial charge >= 0.3 is 0 Å². The van der Waals surface area contributed by atoms with Crippen molar-refractivity contribution < 1.29 is 4.79 Å². The molecule has 2 rings (SSSR count). The number of rotatable bonds is 4. The van der Waals surface area contributed by atoms with Gasteiger partial charge in [-0.15, -0.1) is 0 Å². The zero-order chi connectivity index (χ0) is 14.4. The molecule has 0 aromatic heterocycles. The highest BCUT2D eigenvalue weighted by Gasteiger charge is 2.06. The van der Waals surface area contributed by atoms with Crippen molar-refractivity contribution in [3.63, 3.8) is 0 Å². The van der Waals surface area contributed by atoms with Gasteiger partial charge in [-0.2, -0.15) is 10.2 Å². The van der Waals surface area contributed by atoms with Crippen LogP contribution in [0.15, 0.2) is 77.5 Å². The fourth-order valence-electron chi connectivity index (χ4n) is 1.62. The molecule has 2 aromatic carbocycles. The molecule has 0 radical (unpaired) electrons. The van der Waals surface area contributed by atoms with Crippen LogP contribution in [0.25, 0.3) is 0 Å². The second-order valence-electron chi connectivity index (χ2n) is 4.15. The largest absolute Gasteiger partial charge is 0.312 e. The number of hydrogen-bond donors (Lipinski definition) is 0. The van der Waals surface area contributed by atoms with Crippen molar-refractivity contribution in [1.82, 2.24) is 0 Å². The average molecular weight is 265 g/mol. The smallest absolute Gasteiger partial charge is 0.250 e. The molecule has 0 fully saturated rings. The Morgan fingerprint density at radius 1 is 1.00 bits per heavy atom. The Morgan fingerprint density at radius 3 is 2.10 bits per heavy atom. The van der Waals surface area contributed by atoms with E-state index < -0.39 is 0 Å². The van der Waals surface area contributed by atoms with Gasteiger partial charge in [0.15, 0.2) is 0 Å². The molecule has 2 aromatic rings. The van der Waals surface area contributed by atoms with Crippen molar-refractivity contribution in [2.75, 3.05) is 11.9 Å². The summed E-state index contributed by atoms with van der Waals surface area (Å²) in [7, 11) is 1.70. The number of anilines is 1. The molecule has 0 aliphatic heterocycles. The molecule has 0 saturated heterocycles. The topological polar surface area (TPSA) is 45.0 Å². The van der Waals surface area contributed by atoms with Gasteiger partial charge in [0.1, 0.15) is 0 Å². The van der Waals surface area contributed by atoms with Crippen LogP contribution in [0.5, 0.6) is 0 Å². The van der Waals surface area contributed by atoms with Crippen LogP contribution in [0.4, 0.5) is 17.1 Å². The van der Waals surface area contributed by atoms with Gasteiger partial charge in [-0.25, -0.2) is 0 Å². The van der Waals surface area contributed by atoms with Crippen LogP contribution in [-0.2, 0) is 4.79 Å². The number of carbonyl (C=O) groups excluding carboxylic acids is 1. The molecule has 0 bridgehead atoms. The first-order chi connectivity index (χ1) is 9.70. The summed E-state index contributed by atoms with van der Waals surface area (Å²) in [4.78, 5) is 13.0. The Balaban J connectivity index is 2.11. The summed E-state index contributed by atoms with van der Waals surface area (Å²) in [6.45, 7) is 3.46. The lowest BCUT2D eigenvalue weighted by Gasteiger charge is -2.14. The Hall–Kier alpha value is -2.75. The Bertz CT molecular complexity index is 618. The maximum atomic E-state index is 11.5. The fourth-order valence-corrected chi connectivity index (χ4v) is 1.62. The first-order valence-electron chi connectivity index (χ1n) is 6.17. The van der Waals surface area contributed by atoms with E-state index in [0.29, 0.717) is 0 Å². The highest BCUT2D eigenvalue weighted by Crippen LogP contribution is 2.21. The van der Waals surface area contributed by atoms with E-state index in [9.17, 15) is 4.79 Å². The van der Waals surface area contributed by atoms with Crippen molar-refractivity contribution in [3.8, 4) is 0 Å². The van der Waals surface area contributed by atoms with Crippen LogP contribution in [0.1, 0.15) is 0 Å². The van der Waals surface area contributed by atoms with Crippen LogP contribution in [-0.4, -0.2) is 13.0 Å². The van der Waals surface area contributed by atoms with E-state index in [0.717, 1.165) is 17.1 Å². The first-order valence-corrected chi connectivity index (χ1v) is 6.17. The van der Waals surface area contributed by atoms with Crippen molar-refractivity contribution in [2.45, 2.75) is 0 Å². The van der Waals surface area contributed by atoms with Crippen molar-refractivity contribution in [2.24, 2.45) is 10.2 Å². The van der Waals surface area contributed by atoms with Crippen LogP contribution >= 0.6 is 0 Å². The van der Waals surface area contributed by atoms with E-state index >= 15 is 0 Å². The summed E-state index contributed by atoms with van der Waals surface area (Å²) in [6.07, 6.45) is 1.28. The number of likely N-dealkylation sites (N-methyl/N-ethyl adjacent to an activating group) is 1. The van der Waals surface area contributed by atoms with Crippen LogP contribution in [0.3, 0.4) is 0 Å². The zero-order valence-electron chi connectivity index (χ0n) is 11.2. The molecule has 0 atom stereocenters. The Morgan fingerprint density at radius 2 is 1.55 bits per heavy atom. The SMILES string of the molecule is C=CC(=O)N(C)c1ccc(N=Nc2ccccc2)cc1. The highest BCUT2D eigenvalue weighted by molar-refractivity contribution is 6.00. The van der Waals surface area contributed by atoms with Crippen molar-refractivity contribution >= 4 is 23.0 Å². The molecule has 0 saturated carbocycles. The number of benzene rings is 2. The Kier molecular flexibility index (Phi) is 4.39. The molecule has 4 heteroatoms. The zero-order valence-corrected chi connectivity index (χ0v) is 11.2. The van der Waals surface area contributed by atoms with E-state index in [-0.39, 0.29) is 5.91 Å². The third kappa shape index (κ3) is 3.38. The third-order valence-electron chi connectivity index (χ3n) is 2.78. The summed E-state index contributed by atoms with van der Waals surface area (Å²) in [5.74, 6) is -0.149. The molecular formula is C16H15N3O. The molecule has 0 N–H and O–H groups in total. The van der Waals surface area contributed by atoms with Gasteiger partial charge < -0.3 is 4.90 Å². The molecule has 0 spiro atoms. The maximum Gasteiger partial charge on any atom is 0.250 e. The van der Waals surface area contributed by atoms with Crippen LogP contribution in [0.2, 0.25) is 0 Å². The number of hydrogen-bond acceptors (Lipinski definition) is 3. The standard InChI is InChI=1S/C16H15N3O/c1-3-16(20)19(2)15-11-9-14(10-12-15)18-17-13-7-5-4-6-8-13/h3-12H,1H2,2H3. The van der Waals surface area contributed by atoms with Gasteiger partial charge in [0.25, 0.3) is 0 Å². The second-order valence-corrected chi connectivity index (χ2v) is 4.15. The monoisotopic (exact) mass is 265 g/mol. The van der Waals surface area contributed by atoms with E-state index in [2.05, 4.69) is 16.8 Å². The number of carbonyl (C=O) groups is 1. The summed E-state index contributed by atoms with van der Waals surface area (Å²) in [6, 6.07) is 16.8. The number of nitrogens with zero attached hydrogens (tertiary/aromatic N) is 3. The van der Waals surface area contributed by atoms with Crippen LogP contribution < -0.4 is 4.90 Å². The van der Waals surface area contributed by atoms with Gasteiger partial charge in [-0.3, -0.25) is 4.79 Å². The quantitative estimate of drug-likeness (QED) is 0.602. The lowest BCUT2D eigenvalue weighted by molar-refractivity contribution is -0.113. The summed E-state index contributed by atoms with van der Waals surface area (Å²) < 4.78 is 0. The average Bonchev–Trinajstić information content (AvgIpc) is 2.53. The number of azo groups is 1. The van der Waals surface area contributed by atoms with E-state index in [1.165, 1.54) is 11.0 Å². The lowest BCUT2D eigenvalue weighted by atomic mass is 10.2. The molecule has 0 heterocycles. The predicted octanol–water partition coefficient (Wildman–Crippen LogP) is 4.25. The minimum atomic E-state index is -0.149. The van der Waals surface area contributed by atoms with E-state index in [1.54, 1.807) is 7.05 Å². The molecule has 0 unspecified atom stereocenters. The molecule has 0 aliphatic carbocycles. The normalized spacial score (nSPS) is 10.4. The molecule has 0 aliphatic rings. The maximum absolute atomic E-state index is 11.5. The predicted molar refractivity (Wildman–Crippen MR) is 80.7 cm³/mol. The van der Waals surface area contributed by atoms with Crippen molar-refractivity contribution in [3.05, 3.63) is 67.3 Å². The molecule has 100 valence electrons. The van der Waals surface area contributed by atoms with E-state index in [4.69, 9.17) is 0 Å². The van der Waals surface area contributed by atoms with Gasteiger partial charge in [0, 0.05) is 12.7 Å². The van der Waals surface area contributed by atoms with E-state index in [1.807, 2.05) is 54.6 Å². The molecule has 4 nitrogen and oxygen atoms in total. The second kappa shape index (κ2) is 6.43. The van der Waals surface area contributed by atoms with Crippen LogP contribution in [0, 0.1) is 0 Å². The minimum absolute atomic E-state index is 0.149. The summed E-state index contributed by atoms with van der Waals surface area (Å²) in [5, 5.41) is 8.27. The Labute approximate surface area is 118 Å². The highest BCUT2D eigenvalue weighted by atomic mass is 16.2. The fraction of sp³-hybridized carbons (Fsp3) is 0.0625. The van der Waals surface area contributed by atoms with Crippen molar-refractivity contribution in [1.29, 1.82) is 0 Å². The molecule has 20 heavy (non-hydrogen) atoms. The lowest BCUT2D eigenvalue weighted by Crippen LogP contribution is -2.23. The molecule has 1 amide bonds. The van der Waals surface area contributed by atoms with Gasteiger partial charge in [-0.1, -0.05) is 24.8 Å². The minimum Gasteiger partial charge on any atom is -0.312 e. The van der Waals surface area contributed by atoms with Gasteiger partial charge in [0.2, 0.25) is 5.91 Å². The van der Waals surface area contributed by atoms with Gasteiger partial charge in [0.05, 0.1) is 11.4 Å². The first kappa shape index (κ1) is 13.7. The number of amides is 1.